The van der Waals surface area contributed by atoms with E-state index in [9.17, 15) is 23.1 Å². The number of halogens is 4. The lowest BCUT2D eigenvalue weighted by molar-refractivity contribution is -0.137. The summed E-state index contributed by atoms with van der Waals surface area (Å²) in [7, 11) is 0. The highest BCUT2D eigenvalue weighted by molar-refractivity contribution is 6.34. The smallest absolute Gasteiger partial charge is 0.373 e. The first-order valence-corrected chi connectivity index (χ1v) is 7.76. The van der Waals surface area contributed by atoms with Gasteiger partial charge in [-0.05, 0) is 25.1 Å². The fourth-order valence-electron chi connectivity index (χ4n) is 3.95. The number of amides is 1. The predicted molar refractivity (Wildman–Crippen MR) is 79.3 cm³/mol. The Hall–Kier alpha value is -1.57. The molecule has 0 aliphatic carbocycles. The topological polar surface area (TPSA) is 49.8 Å². The zero-order valence-corrected chi connectivity index (χ0v) is 13.2. The minimum atomic E-state index is -4.57. The Kier molecular flexibility index (Phi) is 3.15. The van der Waals surface area contributed by atoms with E-state index in [0.717, 1.165) is 23.1 Å². The molecule has 128 valence electrons. The van der Waals surface area contributed by atoms with Crippen LogP contribution in [0.25, 0.3) is 0 Å². The molecule has 8 heteroatoms. The maximum absolute atomic E-state index is 13.0. The normalized spacial score (nSPS) is 37.4. The molecule has 2 bridgehead atoms. The van der Waals surface area contributed by atoms with E-state index in [2.05, 4.69) is 0 Å². The number of benzene rings is 1. The fourth-order valence-corrected chi connectivity index (χ4v) is 4.16. The molecule has 2 fully saturated rings. The van der Waals surface area contributed by atoms with Crippen molar-refractivity contribution in [1.82, 2.24) is 0 Å². The number of alkyl halides is 3. The molecule has 0 spiro atoms. The molecule has 5 unspecified atom stereocenters. The minimum absolute atomic E-state index is 0.0262. The molecule has 24 heavy (non-hydrogen) atoms. The molecule has 5 atom stereocenters. The highest BCUT2D eigenvalue weighted by Crippen LogP contribution is 2.54. The molecular weight excluding hydrogens is 347 g/mol. The molecule has 0 saturated carbocycles. The zero-order chi connectivity index (χ0) is 17.4. The summed E-state index contributed by atoms with van der Waals surface area (Å²) in [5.74, 6) is -1.66. The van der Waals surface area contributed by atoms with Gasteiger partial charge in [0.15, 0.2) is 0 Å². The molecule has 3 aliphatic heterocycles. The second-order valence-corrected chi connectivity index (χ2v) is 6.87. The van der Waals surface area contributed by atoms with Gasteiger partial charge in [-0.2, -0.15) is 13.2 Å². The summed E-state index contributed by atoms with van der Waals surface area (Å²) in [4.78, 5) is 13.8. The third-order valence-corrected chi connectivity index (χ3v) is 5.35. The molecule has 0 aromatic heterocycles. The average molecular weight is 360 g/mol. The van der Waals surface area contributed by atoms with Crippen molar-refractivity contribution >= 4 is 23.2 Å². The molecule has 0 radical (unpaired) electrons. The van der Waals surface area contributed by atoms with Gasteiger partial charge in [-0.3, -0.25) is 9.69 Å². The number of aliphatic hydroxyl groups excluding tert-OH is 1. The average Bonchev–Trinajstić information content (AvgIpc) is 3.08. The van der Waals surface area contributed by atoms with E-state index >= 15 is 0 Å². The molecular formula is C16H13ClF3NO3. The van der Waals surface area contributed by atoms with E-state index in [-0.39, 0.29) is 10.7 Å². The first kappa shape index (κ1) is 15.9. The monoisotopic (exact) mass is 359 g/mol. The van der Waals surface area contributed by atoms with Crippen LogP contribution in [0.3, 0.4) is 0 Å². The van der Waals surface area contributed by atoms with Crippen molar-refractivity contribution in [3.05, 3.63) is 40.9 Å². The molecule has 4 nitrogen and oxygen atoms in total. The Morgan fingerprint density at radius 2 is 2.08 bits per heavy atom. The number of anilines is 1. The van der Waals surface area contributed by atoms with E-state index < -0.39 is 47.4 Å². The fraction of sp³-hybridized carbons (Fsp3) is 0.438. The SMILES string of the molecule is CC12C=CC(O1)C1C(O)N(c3cc(C(F)(F)F)ccc3Cl)C(=O)C12. The van der Waals surface area contributed by atoms with Gasteiger partial charge in [0.2, 0.25) is 5.91 Å². The summed E-state index contributed by atoms with van der Waals surface area (Å²) in [5.41, 5.74) is -1.92. The summed E-state index contributed by atoms with van der Waals surface area (Å²) in [5, 5.41) is 10.6. The van der Waals surface area contributed by atoms with Gasteiger partial charge in [0.05, 0.1) is 33.9 Å². The summed E-state index contributed by atoms with van der Waals surface area (Å²) >= 11 is 6.02. The standard InChI is InChI=1S/C16H13ClF3NO3/c1-15-5-4-10(24-15)11-12(15)14(23)21(13(11)22)9-6-7(16(18,19)20)2-3-8(9)17/h2-6,10-13,22H,1H3. The molecule has 4 rings (SSSR count). The first-order valence-electron chi connectivity index (χ1n) is 7.38. The first-order chi connectivity index (χ1) is 11.1. The highest BCUT2D eigenvalue weighted by atomic mass is 35.5. The lowest BCUT2D eigenvalue weighted by atomic mass is 9.78. The Morgan fingerprint density at radius 1 is 1.38 bits per heavy atom. The van der Waals surface area contributed by atoms with E-state index in [4.69, 9.17) is 16.3 Å². The van der Waals surface area contributed by atoms with Crippen LogP contribution >= 0.6 is 11.6 Å². The summed E-state index contributed by atoms with van der Waals surface area (Å²) in [6, 6.07) is 2.72. The third kappa shape index (κ3) is 1.98. The molecule has 1 aromatic rings. The number of hydrogen-bond donors (Lipinski definition) is 1. The number of aliphatic hydroxyl groups is 1. The molecule has 2 saturated heterocycles. The summed E-state index contributed by atoms with van der Waals surface area (Å²) in [6.45, 7) is 1.73. The van der Waals surface area contributed by atoms with Crippen molar-refractivity contribution in [3.8, 4) is 0 Å². The van der Waals surface area contributed by atoms with E-state index in [1.165, 1.54) is 0 Å². The van der Waals surface area contributed by atoms with Crippen molar-refractivity contribution in [1.29, 1.82) is 0 Å². The van der Waals surface area contributed by atoms with Crippen LogP contribution in [0.4, 0.5) is 18.9 Å². The van der Waals surface area contributed by atoms with Crippen LogP contribution in [0.5, 0.6) is 0 Å². The van der Waals surface area contributed by atoms with Gasteiger partial charge in [-0.1, -0.05) is 23.8 Å². The van der Waals surface area contributed by atoms with Gasteiger partial charge in [-0.15, -0.1) is 0 Å². The van der Waals surface area contributed by atoms with Crippen molar-refractivity contribution < 1.29 is 27.8 Å². The van der Waals surface area contributed by atoms with Crippen LogP contribution in [0, 0.1) is 11.8 Å². The van der Waals surface area contributed by atoms with Gasteiger partial charge in [0.1, 0.15) is 6.23 Å². The zero-order valence-electron chi connectivity index (χ0n) is 12.4. The number of carbonyl (C=O) groups excluding carboxylic acids is 1. The van der Waals surface area contributed by atoms with Crippen LogP contribution < -0.4 is 4.90 Å². The highest BCUT2D eigenvalue weighted by Gasteiger charge is 2.65. The molecule has 1 N–H and O–H groups in total. The van der Waals surface area contributed by atoms with Crippen LogP contribution in [0.2, 0.25) is 5.02 Å². The largest absolute Gasteiger partial charge is 0.416 e. The van der Waals surface area contributed by atoms with Crippen LogP contribution in [-0.4, -0.2) is 28.9 Å². The van der Waals surface area contributed by atoms with Crippen molar-refractivity contribution in [3.63, 3.8) is 0 Å². The van der Waals surface area contributed by atoms with Gasteiger partial charge in [-0.25, -0.2) is 0 Å². The number of rotatable bonds is 1. The van der Waals surface area contributed by atoms with Gasteiger partial charge < -0.3 is 9.84 Å². The summed E-state index contributed by atoms with van der Waals surface area (Å²) < 4.78 is 44.6. The van der Waals surface area contributed by atoms with E-state index in [0.29, 0.717) is 0 Å². The lowest BCUT2D eigenvalue weighted by Gasteiger charge is -2.27. The van der Waals surface area contributed by atoms with Crippen LogP contribution in [-0.2, 0) is 15.7 Å². The third-order valence-electron chi connectivity index (χ3n) is 5.03. The maximum Gasteiger partial charge on any atom is 0.416 e. The number of nitrogens with zero attached hydrogens (tertiary/aromatic N) is 1. The molecule has 1 amide bonds. The van der Waals surface area contributed by atoms with Gasteiger partial charge in [0, 0.05) is 5.92 Å². The molecule has 3 heterocycles. The predicted octanol–water partition coefficient (Wildman–Crippen LogP) is 2.98. The Labute approximate surface area is 140 Å². The van der Waals surface area contributed by atoms with Gasteiger partial charge in [0.25, 0.3) is 0 Å². The summed E-state index contributed by atoms with van der Waals surface area (Å²) in [6.07, 6.45) is -2.76. The minimum Gasteiger partial charge on any atom is -0.373 e. The van der Waals surface area contributed by atoms with Crippen molar-refractivity contribution in [2.45, 2.75) is 31.0 Å². The maximum atomic E-state index is 13.0. The Morgan fingerprint density at radius 3 is 2.71 bits per heavy atom. The van der Waals surface area contributed by atoms with E-state index in [1.54, 1.807) is 19.1 Å². The van der Waals surface area contributed by atoms with Gasteiger partial charge >= 0.3 is 6.18 Å². The Balaban J connectivity index is 1.78. The molecule has 3 aliphatic rings. The number of fused-ring (bicyclic) bond motifs is 5. The quantitative estimate of drug-likeness (QED) is 0.784. The van der Waals surface area contributed by atoms with Crippen LogP contribution in [0.15, 0.2) is 30.4 Å². The second kappa shape index (κ2) is 4.74. The number of carbonyl (C=O) groups is 1. The Bertz CT molecular complexity index is 765. The number of ether oxygens (including phenoxy) is 1. The van der Waals surface area contributed by atoms with Crippen molar-refractivity contribution in [2.75, 3.05) is 4.90 Å². The van der Waals surface area contributed by atoms with E-state index in [1.807, 2.05) is 0 Å². The second-order valence-electron chi connectivity index (χ2n) is 6.47. The van der Waals surface area contributed by atoms with Crippen molar-refractivity contribution in [2.24, 2.45) is 11.8 Å². The van der Waals surface area contributed by atoms with Crippen LogP contribution in [0.1, 0.15) is 12.5 Å². The molecule has 1 aromatic carbocycles. The lowest BCUT2D eigenvalue weighted by Crippen LogP contribution is -2.40. The number of hydrogen-bond acceptors (Lipinski definition) is 3.